The van der Waals surface area contributed by atoms with E-state index in [0.717, 1.165) is 4.68 Å². The van der Waals surface area contributed by atoms with Gasteiger partial charge in [0.15, 0.2) is 5.04 Å². The Labute approximate surface area is 118 Å². The molecule has 21 heavy (non-hydrogen) atoms. The number of aromatic nitrogens is 3. The summed E-state index contributed by atoms with van der Waals surface area (Å²) >= 11 is 0. The molecule has 7 nitrogen and oxygen atoms in total. The fraction of sp³-hybridized carbons (Fsp3) is 0.700. The van der Waals surface area contributed by atoms with E-state index in [2.05, 4.69) is 15.2 Å². The van der Waals surface area contributed by atoms with E-state index in [1.54, 1.807) is 13.8 Å². The molecule has 0 bridgehead atoms. The summed E-state index contributed by atoms with van der Waals surface area (Å²) in [4.78, 5) is 8.18. The van der Waals surface area contributed by atoms with Gasteiger partial charge in [-0.05, 0) is 13.8 Å². The molecule has 1 aliphatic heterocycles. The number of nitrogens with zero attached hydrogens (tertiary/aromatic N) is 4. The second kappa shape index (κ2) is 4.68. The summed E-state index contributed by atoms with van der Waals surface area (Å²) in [6, 6.07) is 0. The van der Waals surface area contributed by atoms with Crippen molar-refractivity contribution < 1.29 is 26.4 Å². The molecule has 0 amide bonds. The van der Waals surface area contributed by atoms with E-state index in [-0.39, 0.29) is 17.3 Å². The smallest absolute Gasteiger partial charge is 0.389 e. The molecule has 0 atom stereocenters. The molecule has 1 aromatic rings. The Hall–Kier alpha value is -1.65. The fourth-order valence-electron chi connectivity index (χ4n) is 1.69. The Morgan fingerprint density at radius 1 is 1.38 bits per heavy atom. The summed E-state index contributed by atoms with van der Waals surface area (Å²) in [7, 11) is -2.71. The Kier molecular flexibility index (Phi) is 3.51. The lowest BCUT2D eigenvalue weighted by Crippen LogP contribution is -2.24. The van der Waals surface area contributed by atoms with Gasteiger partial charge in [-0.1, -0.05) is 5.16 Å². The first-order valence-corrected chi connectivity index (χ1v) is 7.51. The second-order valence-corrected chi connectivity index (χ2v) is 7.23. The van der Waals surface area contributed by atoms with Crippen LogP contribution in [0.3, 0.4) is 0 Å². The van der Waals surface area contributed by atoms with Gasteiger partial charge in [-0.25, -0.2) is 13.4 Å². The number of hydrogen-bond acceptors (Lipinski definition) is 6. The van der Waals surface area contributed by atoms with E-state index in [0.29, 0.717) is 0 Å². The molecule has 2 heterocycles. The van der Waals surface area contributed by atoms with Crippen LogP contribution in [0.25, 0.3) is 0 Å². The quantitative estimate of drug-likeness (QED) is 0.816. The molecule has 0 aliphatic carbocycles. The topological polar surface area (TPSA) is 86.4 Å². The first kappa shape index (κ1) is 15.7. The van der Waals surface area contributed by atoms with Gasteiger partial charge in [-0.2, -0.15) is 13.2 Å². The van der Waals surface area contributed by atoms with Crippen molar-refractivity contribution >= 4 is 14.9 Å². The molecule has 11 heteroatoms. The molecule has 0 radical (unpaired) electrons. The average Bonchev–Trinajstić information content (AvgIpc) is 2.82. The Morgan fingerprint density at radius 3 is 2.43 bits per heavy atom. The minimum absolute atomic E-state index is 0.0549. The third-order valence-corrected chi connectivity index (χ3v) is 4.33. The summed E-state index contributed by atoms with van der Waals surface area (Å²) < 4.78 is 62.5. The summed E-state index contributed by atoms with van der Waals surface area (Å²) in [5.74, 6) is -2.40. The normalized spacial score (nSPS) is 18.5. The molecule has 0 unspecified atom stereocenters. The highest BCUT2D eigenvalue weighted by Gasteiger charge is 2.39. The predicted molar refractivity (Wildman–Crippen MR) is 65.8 cm³/mol. The molecule has 0 N–H and O–H groups in total. The number of halogens is 3. The zero-order valence-corrected chi connectivity index (χ0v) is 12.3. The maximum absolute atomic E-state index is 12.5. The van der Waals surface area contributed by atoms with Crippen LogP contribution in [0.1, 0.15) is 31.9 Å². The number of hydrogen-bond donors (Lipinski definition) is 0. The van der Waals surface area contributed by atoms with Gasteiger partial charge in [0.1, 0.15) is 17.2 Å². The van der Waals surface area contributed by atoms with Crippen LogP contribution in [-0.2, 0) is 33.7 Å². The first-order valence-electron chi connectivity index (χ1n) is 5.86. The highest BCUT2D eigenvalue weighted by atomic mass is 32.2. The molecular formula is C10H13F3N4O3S. The molecule has 0 aromatic carbocycles. The second-order valence-electron chi connectivity index (χ2n) is 5.24. The van der Waals surface area contributed by atoms with E-state index in [4.69, 9.17) is 4.84 Å². The lowest BCUT2D eigenvalue weighted by atomic mass is 10.1. The zero-order chi connectivity index (χ0) is 16.1. The Bertz CT molecular complexity index is 691. The molecule has 0 saturated carbocycles. The van der Waals surface area contributed by atoms with Gasteiger partial charge in [0.05, 0.1) is 0 Å². The minimum Gasteiger partial charge on any atom is -0.389 e. The first-order chi connectivity index (χ1) is 9.41. The standard InChI is InChI=1S/C10H13F3N4O3S/c1-9(2)4-7(16-20-9)21(18,19)5-6-14-8(10(11,12)13)15-17(6)3/h4-5H2,1-3H3. The minimum atomic E-state index is -4.73. The maximum Gasteiger partial charge on any atom is 0.453 e. The third-order valence-electron chi connectivity index (χ3n) is 2.76. The number of sulfone groups is 1. The van der Waals surface area contributed by atoms with Gasteiger partial charge in [0.2, 0.25) is 9.84 Å². The number of aryl methyl sites for hydroxylation is 1. The number of alkyl halides is 3. The van der Waals surface area contributed by atoms with Crippen molar-refractivity contribution in [1.82, 2.24) is 14.8 Å². The number of rotatable bonds is 2. The van der Waals surface area contributed by atoms with Crippen molar-refractivity contribution in [2.75, 3.05) is 0 Å². The van der Waals surface area contributed by atoms with Crippen LogP contribution in [-0.4, -0.2) is 33.8 Å². The summed E-state index contributed by atoms with van der Waals surface area (Å²) in [6.07, 6.45) is -4.67. The van der Waals surface area contributed by atoms with Crippen molar-refractivity contribution in [3.8, 4) is 0 Å². The van der Waals surface area contributed by atoms with E-state index in [1.165, 1.54) is 7.05 Å². The van der Waals surface area contributed by atoms with Crippen molar-refractivity contribution in [3.05, 3.63) is 11.6 Å². The van der Waals surface area contributed by atoms with Crippen molar-refractivity contribution in [2.24, 2.45) is 12.2 Å². The largest absolute Gasteiger partial charge is 0.453 e. The van der Waals surface area contributed by atoms with Crippen LogP contribution in [0.2, 0.25) is 0 Å². The summed E-state index contributed by atoms with van der Waals surface area (Å²) in [6.45, 7) is 3.31. The van der Waals surface area contributed by atoms with E-state index in [1.807, 2.05) is 0 Å². The van der Waals surface area contributed by atoms with Crippen molar-refractivity contribution in [3.63, 3.8) is 0 Å². The van der Waals surface area contributed by atoms with Gasteiger partial charge in [-0.15, -0.1) is 5.10 Å². The molecule has 0 spiro atoms. The van der Waals surface area contributed by atoms with E-state index >= 15 is 0 Å². The summed E-state index contributed by atoms with van der Waals surface area (Å²) in [5, 5.41) is 6.45. The van der Waals surface area contributed by atoms with Crippen LogP contribution in [0.15, 0.2) is 5.16 Å². The number of oxime groups is 1. The summed E-state index contributed by atoms with van der Waals surface area (Å²) in [5.41, 5.74) is -0.751. The van der Waals surface area contributed by atoms with Gasteiger partial charge < -0.3 is 4.84 Å². The van der Waals surface area contributed by atoms with Gasteiger partial charge in [-0.3, -0.25) is 4.68 Å². The highest BCUT2D eigenvalue weighted by molar-refractivity contribution is 8.05. The van der Waals surface area contributed by atoms with E-state index < -0.39 is 33.2 Å². The van der Waals surface area contributed by atoms with Crippen LogP contribution in [0, 0.1) is 0 Å². The Balaban J connectivity index is 2.24. The molecule has 1 aromatic heterocycles. The predicted octanol–water partition coefficient (Wildman–Crippen LogP) is 1.26. The van der Waals surface area contributed by atoms with E-state index in [9.17, 15) is 21.6 Å². The monoisotopic (exact) mass is 326 g/mol. The molecule has 1 aliphatic rings. The molecule has 2 rings (SSSR count). The molecule has 118 valence electrons. The van der Waals surface area contributed by atoms with Gasteiger partial charge >= 0.3 is 6.18 Å². The van der Waals surface area contributed by atoms with Crippen LogP contribution in [0.4, 0.5) is 13.2 Å². The molecule has 0 fully saturated rings. The highest BCUT2D eigenvalue weighted by Crippen LogP contribution is 2.28. The zero-order valence-electron chi connectivity index (χ0n) is 11.5. The van der Waals surface area contributed by atoms with Crippen LogP contribution < -0.4 is 0 Å². The SMILES string of the molecule is Cn1nc(C(F)(F)F)nc1CS(=O)(=O)C1=NOC(C)(C)C1. The van der Waals surface area contributed by atoms with Gasteiger partial charge in [0.25, 0.3) is 5.82 Å². The fourth-order valence-corrected chi connectivity index (χ4v) is 3.16. The average molecular weight is 326 g/mol. The lowest BCUT2D eigenvalue weighted by molar-refractivity contribution is -0.145. The van der Waals surface area contributed by atoms with Crippen molar-refractivity contribution in [2.45, 2.75) is 37.8 Å². The van der Waals surface area contributed by atoms with Crippen LogP contribution in [0.5, 0.6) is 0 Å². The van der Waals surface area contributed by atoms with Crippen molar-refractivity contribution in [1.29, 1.82) is 0 Å². The van der Waals surface area contributed by atoms with Crippen LogP contribution >= 0.6 is 0 Å². The van der Waals surface area contributed by atoms with Gasteiger partial charge in [0, 0.05) is 13.5 Å². The molecular weight excluding hydrogens is 313 g/mol. The lowest BCUT2D eigenvalue weighted by Gasteiger charge is -2.13. The maximum atomic E-state index is 12.5. The third kappa shape index (κ3) is 3.34. The molecule has 0 saturated heterocycles. The Morgan fingerprint density at radius 2 is 2.00 bits per heavy atom.